The number of aromatic amines is 1. The number of benzene rings is 2. The van der Waals surface area contributed by atoms with E-state index in [-0.39, 0.29) is 27.0 Å². The number of carbonyl (C=O) groups is 1. The molecule has 0 fully saturated rings. The predicted molar refractivity (Wildman–Crippen MR) is 98.8 cm³/mol. The highest BCUT2D eigenvalue weighted by atomic mass is 35.5. The second kappa shape index (κ2) is 6.54. The lowest BCUT2D eigenvalue weighted by molar-refractivity contribution is 0.0692. The van der Waals surface area contributed by atoms with Crippen LogP contribution in [0.4, 0.5) is 5.69 Å². The van der Waals surface area contributed by atoms with Gasteiger partial charge in [-0.3, -0.25) is 4.72 Å². The minimum atomic E-state index is -4.15. The number of carboxylic acids is 1. The normalized spacial score (nSPS) is 11.5. The van der Waals surface area contributed by atoms with E-state index in [4.69, 9.17) is 16.3 Å². The minimum absolute atomic E-state index is 0.0433. The summed E-state index contributed by atoms with van der Waals surface area (Å²) in [4.78, 5) is 14.1. The van der Waals surface area contributed by atoms with Crippen LogP contribution in [0.2, 0.25) is 5.02 Å². The molecule has 1 heterocycles. The third-order valence-corrected chi connectivity index (χ3v) is 5.43. The summed E-state index contributed by atoms with van der Waals surface area (Å²) in [7, 11) is -2.82. The Hall–Kier alpha value is -2.71. The highest BCUT2D eigenvalue weighted by Crippen LogP contribution is 2.33. The number of H-pyrrole nitrogens is 1. The van der Waals surface area contributed by atoms with Gasteiger partial charge in [-0.05, 0) is 37.3 Å². The van der Waals surface area contributed by atoms with E-state index in [1.54, 1.807) is 18.2 Å². The molecule has 0 bridgehead atoms. The fourth-order valence-electron chi connectivity index (χ4n) is 2.62. The number of carboxylic acid groups (broad SMARTS) is 1. The molecule has 136 valence electrons. The van der Waals surface area contributed by atoms with Gasteiger partial charge in [-0.15, -0.1) is 0 Å². The van der Waals surface area contributed by atoms with Gasteiger partial charge in [0.05, 0.1) is 12.8 Å². The second-order valence-corrected chi connectivity index (χ2v) is 7.72. The number of aromatic carboxylic acids is 1. The molecule has 3 aromatic rings. The number of hydrogen-bond donors (Lipinski definition) is 3. The van der Waals surface area contributed by atoms with Gasteiger partial charge in [0.15, 0.2) is 0 Å². The van der Waals surface area contributed by atoms with Crippen molar-refractivity contribution in [2.24, 2.45) is 0 Å². The average molecular weight is 395 g/mol. The topological polar surface area (TPSA) is 108 Å². The van der Waals surface area contributed by atoms with E-state index in [2.05, 4.69) is 9.71 Å². The van der Waals surface area contributed by atoms with Crippen molar-refractivity contribution in [3.8, 4) is 5.75 Å². The van der Waals surface area contributed by atoms with Gasteiger partial charge in [0.1, 0.15) is 16.3 Å². The van der Waals surface area contributed by atoms with Gasteiger partial charge in [0.25, 0.3) is 10.0 Å². The number of halogens is 1. The molecule has 0 spiro atoms. The van der Waals surface area contributed by atoms with Crippen LogP contribution in [0.1, 0.15) is 16.1 Å². The fourth-order valence-corrected chi connectivity index (χ4v) is 4.15. The number of ether oxygens (including phenoxy) is 1. The summed E-state index contributed by atoms with van der Waals surface area (Å²) in [6.07, 6.45) is 0. The summed E-state index contributed by atoms with van der Waals surface area (Å²) in [6, 6.07) is 9.34. The maximum Gasteiger partial charge on any atom is 0.354 e. The summed E-state index contributed by atoms with van der Waals surface area (Å²) in [5.41, 5.74) is 1.06. The summed E-state index contributed by atoms with van der Waals surface area (Å²) >= 11 is 5.91. The van der Waals surface area contributed by atoms with Gasteiger partial charge in [-0.1, -0.05) is 23.2 Å². The highest BCUT2D eigenvalue weighted by molar-refractivity contribution is 7.92. The Bertz CT molecular complexity index is 1120. The third-order valence-electron chi connectivity index (χ3n) is 3.82. The lowest BCUT2D eigenvalue weighted by Gasteiger charge is -2.12. The van der Waals surface area contributed by atoms with E-state index in [1.807, 2.05) is 6.92 Å². The monoisotopic (exact) mass is 394 g/mol. The van der Waals surface area contributed by atoms with E-state index in [0.29, 0.717) is 10.9 Å². The molecule has 9 heteroatoms. The first-order valence-corrected chi connectivity index (χ1v) is 9.31. The van der Waals surface area contributed by atoms with Crippen LogP contribution >= 0.6 is 11.6 Å². The first-order valence-electron chi connectivity index (χ1n) is 7.45. The van der Waals surface area contributed by atoms with Crippen molar-refractivity contribution in [3.05, 3.63) is 52.7 Å². The zero-order chi connectivity index (χ0) is 19.1. The van der Waals surface area contributed by atoms with Crippen molar-refractivity contribution in [2.75, 3.05) is 11.8 Å². The SMILES string of the molecule is COc1ccc(Cl)cc1S(=O)(=O)Nc1c(C(=O)O)[nH]c2ccc(C)cc12. The van der Waals surface area contributed by atoms with E-state index >= 15 is 0 Å². The lowest BCUT2D eigenvalue weighted by atomic mass is 10.1. The number of rotatable bonds is 5. The van der Waals surface area contributed by atoms with Crippen LogP contribution in [-0.4, -0.2) is 31.6 Å². The Morgan fingerprint density at radius 1 is 1.23 bits per heavy atom. The van der Waals surface area contributed by atoms with Crippen LogP contribution in [-0.2, 0) is 10.0 Å². The molecule has 0 amide bonds. The molecule has 2 aromatic carbocycles. The number of anilines is 1. The van der Waals surface area contributed by atoms with E-state index in [1.165, 1.54) is 25.3 Å². The predicted octanol–water partition coefficient (Wildman–Crippen LogP) is 3.64. The maximum absolute atomic E-state index is 12.9. The summed E-state index contributed by atoms with van der Waals surface area (Å²) in [5.74, 6) is -1.19. The van der Waals surface area contributed by atoms with E-state index in [0.717, 1.165) is 5.56 Å². The lowest BCUT2D eigenvalue weighted by Crippen LogP contribution is -2.16. The van der Waals surface area contributed by atoms with Crippen LogP contribution in [0, 0.1) is 6.92 Å². The molecule has 0 saturated carbocycles. The Balaban J connectivity index is 2.19. The maximum atomic E-state index is 12.9. The number of aromatic nitrogens is 1. The van der Waals surface area contributed by atoms with Crippen molar-refractivity contribution >= 4 is 44.2 Å². The zero-order valence-electron chi connectivity index (χ0n) is 13.8. The molecule has 3 rings (SSSR count). The number of hydrogen-bond acceptors (Lipinski definition) is 4. The van der Waals surface area contributed by atoms with Crippen LogP contribution in [0.3, 0.4) is 0 Å². The summed E-state index contributed by atoms with van der Waals surface area (Å²) < 4.78 is 33.2. The molecule has 3 N–H and O–H groups in total. The van der Waals surface area contributed by atoms with Gasteiger partial charge >= 0.3 is 5.97 Å². The molecule has 0 aliphatic rings. The van der Waals surface area contributed by atoms with E-state index in [9.17, 15) is 18.3 Å². The number of sulfonamides is 1. The largest absolute Gasteiger partial charge is 0.495 e. The summed E-state index contributed by atoms with van der Waals surface area (Å²) in [5, 5.41) is 10.1. The molecule has 1 aromatic heterocycles. The summed E-state index contributed by atoms with van der Waals surface area (Å²) in [6.45, 7) is 1.82. The standard InChI is InChI=1S/C17H15ClN2O5S/c1-9-3-5-12-11(7-9)15(16(19-12)17(21)22)20-26(23,24)14-8-10(18)4-6-13(14)25-2/h3-8,19-20H,1-2H3,(H,21,22). The molecule has 26 heavy (non-hydrogen) atoms. The number of fused-ring (bicyclic) bond motifs is 1. The van der Waals surface area contributed by atoms with Crippen LogP contribution in [0.25, 0.3) is 10.9 Å². The minimum Gasteiger partial charge on any atom is -0.495 e. The Morgan fingerprint density at radius 3 is 2.62 bits per heavy atom. The fraction of sp³-hybridized carbons (Fsp3) is 0.118. The molecule has 0 aliphatic carbocycles. The Morgan fingerprint density at radius 2 is 1.96 bits per heavy atom. The Labute approximate surface area is 154 Å². The molecule has 0 unspecified atom stereocenters. The van der Waals surface area contributed by atoms with Crippen LogP contribution < -0.4 is 9.46 Å². The highest BCUT2D eigenvalue weighted by Gasteiger charge is 2.25. The van der Waals surface area contributed by atoms with Crippen LogP contribution in [0.5, 0.6) is 5.75 Å². The second-order valence-electron chi connectivity index (χ2n) is 5.63. The van der Waals surface area contributed by atoms with Crippen molar-refractivity contribution in [2.45, 2.75) is 11.8 Å². The molecular formula is C17H15ClN2O5S. The first-order chi connectivity index (χ1) is 12.2. The van der Waals surface area contributed by atoms with Crippen LogP contribution in [0.15, 0.2) is 41.3 Å². The van der Waals surface area contributed by atoms with Crippen molar-refractivity contribution < 1.29 is 23.1 Å². The molecule has 0 atom stereocenters. The van der Waals surface area contributed by atoms with Gasteiger partial charge in [-0.2, -0.15) is 0 Å². The third kappa shape index (κ3) is 3.21. The van der Waals surface area contributed by atoms with Gasteiger partial charge in [0, 0.05) is 15.9 Å². The van der Waals surface area contributed by atoms with E-state index < -0.39 is 16.0 Å². The molecule has 7 nitrogen and oxygen atoms in total. The van der Waals surface area contributed by atoms with Gasteiger partial charge in [-0.25, -0.2) is 13.2 Å². The quantitative estimate of drug-likeness (QED) is 0.612. The molecular weight excluding hydrogens is 380 g/mol. The molecule has 0 aliphatic heterocycles. The van der Waals surface area contributed by atoms with Gasteiger partial charge < -0.3 is 14.8 Å². The smallest absolute Gasteiger partial charge is 0.354 e. The first kappa shape index (κ1) is 18.1. The van der Waals surface area contributed by atoms with Crippen molar-refractivity contribution in [3.63, 3.8) is 0 Å². The zero-order valence-corrected chi connectivity index (χ0v) is 15.4. The molecule has 0 saturated heterocycles. The van der Waals surface area contributed by atoms with Gasteiger partial charge in [0.2, 0.25) is 0 Å². The molecule has 0 radical (unpaired) electrons. The average Bonchev–Trinajstić information content (AvgIpc) is 2.92. The number of methoxy groups -OCH3 is 1. The van der Waals surface area contributed by atoms with Crippen molar-refractivity contribution in [1.29, 1.82) is 0 Å². The number of aryl methyl sites for hydroxylation is 1. The number of nitrogens with one attached hydrogen (secondary N) is 2. The Kier molecular flexibility index (Phi) is 4.55. The van der Waals surface area contributed by atoms with Crippen molar-refractivity contribution in [1.82, 2.24) is 4.98 Å².